The number of ether oxygens (including phenoxy) is 3. The lowest BCUT2D eigenvalue weighted by Crippen LogP contribution is -2.32. The summed E-state index contributed by atoms with van der Waals surface area (Å²) in [6, 6.07) is -0.380. The van der Waals surface area contributed by atoms with Crippen LogP contribution in [0.2, 0.25) is 0 Å². The molecule has 2 rings (SSSR count). The minimum absolute atomic E-state index is 0.0346. The minimum Gasteiger partial charge on any atom is -0.379 e. The van der Waals surface area contributed by atoms with E-state index >= 15 is 0 Å². The Kier molecular flexibility index (Phi) is 13.0. The highest BCUT2D eigenvalue weighted by Crippen LogP contribution is 2.41. The fraction of sp³-hybridized carbons (Fsp3) is 0.962. The molecule has 0 N–H and O–H groups in total. The summed E-state index contributed by atoms with van der Waals surface area (Å²) in [5, 5.41) is 3.35. The highest BCUT2D eigenvalue weighted by Gasteiger charge is 2.45. The van der Waals surface area contributed by atoms with Gasteiger partial charge in [0.2, 0.25) is 0 Å². The average Bonchev–Trinajstić information content (AvgIpc) is 3.36. The Morgan fingerprint density at radius 1 is 0.969 bits per heavy atom. The highest BCUT2D eigenvalue weighted by atomic mass is 16.7. The summed E-state index contributed by atoms with van der Waals surface area (Å²) in [5.41, 5.74) is 0. The van der Waals surface area contributed by atoms with Gasteiger partial charge in [0.05, 0.1) is 19.3 Å². The largest absolute Gasteiger partial charge is 0.379 e. The monoisotopic (exact) mass is 453 g/mol. The first-order valence-electron chi connectivity index (χ1n) is 13.3. The van der Waals surface area contributed by atoms with Gasteiger partial charge in [0.15, 0.2) is 5.79 Å². The summed E-state index contributed by atoms with van der Waals surface area (Å²) in [6.45, 7) is 8.42. The molecule has 1 heterocycles. The molecule has 0 bridgehead atoms. The lowest BCUT2D eigenvalue weighted by atomic mass is 9.83. The lowest BCUT2D eigenvalue weighted by molar-refractivity contribution is -0.170. The molecule has 3 atom stereocenters. The second-order valence-electron chi connectivity index (χ2n) is 10.0. The Bertz CT molecular complexity index is 532. The first kappa shape index (κ1) is 27.4. The van der Waals surface area contributed by atoms with Crippen LogP contribution in [0.3, 0.4) is 0 Å². The third kappa shape index (κ3) is 9.18. The van der Waals surface area contributed by atoms with E-state index in [-0.39, 0.29) is 29.8 Å². The zero-order valence-electron chi connectivity index (χ0n) is 20.8. The number of nitroso groups, excluding NO2 is 1. The van der Waals surface area contributed by atoms with Gasteiger partial charge in [-0.2, -0.15) is 4.91 Å². The van der Waals surface area contributed by atoms with Crippen LogP contribution in [-0.2, 0) is 19.0 Å². The van der Waals surface area contributed by atoms with Crippen molar-refractivity contribution in [3.8, 4) is 0 Å². The van der Waals surface area contributed by atoms with Crippen molar-refractivity contribution < 1.29 is 19.0 Å². The Morgan fingerprint density at radius 3 is 2.34 bits per heavy atom. The molecule has 0 radical (unpaired) electrons. The van der Waals surface area contributed by atoms with Crippen LogP contribution in [0.5, 0.6) is 0 Å². The first-order valence-corrected chi connectivity index (χ1v) is 13.3. The number of Topliss-reactive ketones (excluding diaryl/α,β-unsaturated/α-hetero) is 1. The van der Waals surface area contributed by atoms with Crippen molar-refractivity contribution in [2.45, 2.75) is 129 Å². The summed E-state index contributed by atoms with van der Waals surface area (Å²) in [5.74, 6) is -0.294. The molecule has 1 saturated heterocycles. The molecule has 186 valence electrons. The minimum atomic E-state index is -0.522. The topological polar surface area (TPSA) is 74.2 Å². The number of carbonyl (C=O) groups is 1. The van der Waals surface area contributed by atoms with E-state index < -0.39 is 5.79 Å². The number of hydrogen-bond acceptors (Lipinski definition) is 6. The Hall–Kier alpha value is -0.850. The second kappa shape index (κ2) is 15.1. The quantitative estimate of drug-likeness (QED) is 0.173. The first-order chi connectivity index (χ1) is 15.5. The molecule has 6 nitrogen and oxygen atoms in total. The van der Waals surface area contributed by atoms with Crippen molar-refractivity contribution in [2.75, 3.05) is 19.8 Å². The van der Waals surface area contributed by atoms with Crippen LogP contribution < -0.4 is 0 Å². The van der Waals surface area contributed by atoms with Crippen LogP contribution in [0.1, 0.15) is 111 Å². The second-order valence-corrected chi connectivity index (χ2v) is 10.0. The molecule has 0 aromatic rings. The van der Waals surface area contributed by atoms with E-state index in [0.717, 1.165) is 64.4 Å². The van der Waals surface area contributed by atoms with E-state index in [0.29, 0.717) is 19.6 Å². The number of nitrogens with zero attached hydrogens (tertiary/aromatic N) is 1. The maximum Gasteiger partial charge on any atom is 0.168 e. The predicted molar refractivity (Wildman–Crippen MR) is 128 cm³/mol. The van der Waals surface area contributed by atoms with Crippen molar-refractivity contribution in [1.29, 1.82) is 0 Å². The maximum atomic E-state index is 12.7. The van der Waals surface area contributed by atoms with E-state index in [1.165, 1.54) is 25.7 Å². The third-order valence-corrected chi connectivity index (χ3v) is 7.16. The molecule has 1 aliphatic carbocycles. The molecule has 0 amide bonds. The van der Waals surface area contributed by atoms with Gasteiger partial charge in [-0.3, -0.25) is 4.79 Å². The molecule has 2 aliphatic rings. The van der Waals surface area contributed by atoms with Crippen LogP contribution >= 0.6 is 0 Å². The van der Waals surface area contributed by atoms with Crippen molar-refractivity contribution in [2.24, 2.45) is 17.0 Å². The maximum absolute atomic E-state index is 12.7. The Morgan fingerprint density at radius 2 is 1.66 bits per heavy atom. The fourth-order valence-corrected chi connectivity index (χ4v) is 5.33. The van der Waals surface area contributed by atoms with Gasteiger partial charge in [-0.1, -0.05) is 57.0 Å². The molecular weight excluding hydrogens is 406 g/mol. The van der Waals surface area contributed by atoms with Crippen LogP contribution in [0.4, 0.5) is 0 Å². The van der Waals surface area contributed by atoms with Crippen LogP contribution in [0.15, 0.2) is 5.18 Å². The number of carbonyl (C=O) groups excluding carboxylic acids is 1. The van der Waals surface area contributed by atoms with Crippen LogP contribution in [-0.4, -0.2) is 43.5 Å². The van der Waals surface area contributed by atoms with Gasteiger partial charge < -0.3 is 14.2 Å². The molecule has 32 heavy (non-hydrogen) atoms. The van der Waals surface area contributed by atoms with Gasteiger partial charge in [0.25, 0.3) is 0 Å². The van der Waals surface area contributed by atoms with E-state index in [2.05, 4.69) is 25.9 Å². The zero-order chi connectivity index (χ0) is 23.2. The smallest absolute Gasteiger partial charge is 0.168 e. The van der Waals surface area contributed by atoms with Gasteiger partial charge in [-0.25, -0.2) is 0 Å². The van der Waals surface area contributed by atoms with Crippen molar-refractivity contribution in [1.82, 2.24) is 0 Å². The summed E-state index contributed by atoms with van der Waals surface area (Å²) in [6.07, 6.45) is 14.3. The standard InChI is InChI=1S/C26H47NO5/c1-4-5-6-8-11-15-26(31-18-19-32-26)16-14-22-23(25(28)20-24(22)27-29)13-10-7-9-12-17-30-21(2)3/h21-24H,4-20H2,1-3H3/t22-,23-,24-/m1/s1. The van der Waals surface area contributed by atoms with Crippen molar-refractivity contribution >= 4 is 5.78 Å². The predicted octanol–water partition coefficient (Wildman–Crippen LogP) is 6.59. The lowest BCUT2D eigenvalue weighted by Gasteiger charge is -2.30. The molecule has 0 aromatic carbocycles. The molecule has 1 saturated carbocycles. The molecule has 0 unspecified atom stereocenters. The summed E-state index contributed by atoms with van der Waals surface area (Å²) in [4.78, 5) is 24.1. The SMILES string of the molecule is CCCCCCCC1(CC[C@H]2[C@H](N=O)CC(=O)[C@@H]2CCCCCCOC(C)C)OCCO1. The normalized spacial score (nSPS) is 25.1. The highest BCUT2D eigenvalue weighted by molar-refractivity contribution is 5.84. The molecule has 0 spiro atoms. The molecule has 1 aliphatic heterocycles. The van der Waals surface area contributed by atoms with E-state index in [1.807, 2.05) is 0 Å². The Balaban J connectivity index is 1.80. The number of rotatable bonds is 18. The number of ketones is 1. The zero-order valence-corrected chi connectivity index (χ0v) is 20.8. The summed E-state index contributed by atoms with van der Waals surface area (Å²) in [7, 11) is 0. The average molecular weight is 454 g/mol. The molecule has 0 aromatic heterocycles. The Labute approximate surface area is 195 Å². The fourth-order valence-electron chi connectivity index (χ4n) is 5.33. The van der Waals surface area contributed by atoms with Gasteiger partial charge in [0, 0.05) is 31.8 Å². The van der Waals surface area contributed by atoms with Gasteiger partial charge in [0.1, 0.15) is 11.8 Å². The molecule has 6 heteroatoms. The summed E-state index contributed by atoms with van der Waals surface area (Å²) >= 11 is 0. The number of hydrogen-bond donors (Lipinski definition) is 0. The van der Waals surface area contributed by atoms with E-state index in [1.54, 1.807) is 0 Å². The van der Waals surface area contributed by atoms with Crippen molar-refractivity contribution in [3.63, 3.8) is 0 Å². The van der Waals surface area contributed by atoms with Gasteiger partial charge >= 0.3 is 0 Å². The number of unbranched alkanes of at least 4 members (excludes halogenated alkanes) is 7. The van der Waals surface area contributed by atoms with E-state index in [9.17, 15) is 9.70 Å². The van der Waals surface area contributed by atoms with Gasteiger partial charge in [-0.15, -0.1) is 0 Å². The van der Waals surface area contributed by atoms with Crippen LogP contribution in [0.25, 0.3) is 0 Å². The van der Waals surface area contributed by atoms with E-state index in [4.69, 9.17) is 14.2 Å². The van der Waals surface area contributed by atoms with Gasteiger partial charge in [-0.05, 0) is 45.4 Å². The van der Waals surface area contributed by atoms with Crippen molar-refractivity contribution in [3.05, 3.63) is 4.91 Å². The molecule has 2 fully saturated rings. The third-order valence-electron chi connectivity index (χ3n) is 7.16. The summed E-state index contributed by atoms with van der Waals surface area (Å²) < 4.78 is 17.7. The van der Waals surface area contributed by atoms with Crippen LogP contribution in [0, 0.1) is 16.7 Å². The molecular formula is C26H47NO5.